The average Bonchev–Trinajstić information content (AvgIpc) is 2.11. The molecular weight excluding hydrogens is 216 g/mol. The van der Waals surface area contributed by atoms with E-state index in [1.165, 1.54) is 0 Å². The second-order valence-corrected chi connectivity index (χ2v) is 9.00. The summed E-state index contributed by atoms with van der Waals surface area (Å²) in [6.45, 7) is 28.2. The molecule has 0 N–H and O–H groups in total. The third-order valence-electron chi connectivity index (χ3n) is 6.19. The molecule has 0 aromatic heterocycles. The van der Waals surface area contributed by atoms with Crippen molar-refractivity contribution in [2.45, 2.75) is 83.1 Å². The zero-order chi connectivity index (χ0) is 15.2. The molecule has 0 aliphatic heterocycles. The zero-order valence-corrected chi connectivity index (χ0v) is 15.0. The first-order chi connectivity index (χ1) is 7.57. The summed E-state index contributed by atoms with van der Waals surface area (Å²) in [4.78, 5) is 0. The number of hydrogen-bond acceptors (Lipinski definition) is 0. The molecule has 0 spiro atoms. The molecule has 0 aliphatic rings. The molecule has 0 fully saturated rings. The summed E-state index contributed by atoms with van der Waals surface area (Å²) in [5.41, 5.74) is 4.11. The summed E-state index contributed by atoms with van der Waals surface area (Å²) in [6, 6.07) is 0. The van der Waals surface area contributed by atoms with E-state index in [0.29, 0.717) is 0 Å². The van der Waals surface area contributed by atoms with Crippen LogP contribution in [-0.4, -0.2) is 0 Å². The highest BCUT2D eigenvalue weighted by Gasteiger charge is 2.40. The van der Waals surface area contributed by atoms with Crippen molar-refractivity contribution in [3.63, 3.8) is 0 Å². The van der Waals surface area contributed by atoms with E-state index in [1.807, 2.05) is 0 Å². The van der Waals surface area contributed by atoms with Crippen LogP contribution in [-0.2, 0) is 0 Å². The molecule has 0 bridgehead atoms. The van der Waals surface area contributed by atoms with Gasteiger partial charge in [-0.2, -0.15) is 0 Å². The minimum absolute atomic E-state index is 0.222. The first-order valence-electron chi connectivity index (χ1n) is 7.25. The van der Waals surface area contributed by atoms with E-state index in [0.717, 1.165) is 0 Å². The summed E-state index contributed by atoms with van der Waals surface area (Å²) in [5.74, 6) is 0. The quantitative estimate of drug-likeness (QED) is 0.494. The number of allylic oxidation sites excluding steroid dienone is 2. The molecule has 108 valence electrons. The lowest BCUT2D eigenvalue weighted by Gasteiger charge is -2.46. The number of hydrogen-bond donors (Lipinski definition) is 0. The summed E-state index contributed by atoms with van der Waals surface area (Å²) < 4.78 is 0. The van der Waals surface area contributed by atoms with Gasteiger partial charge in [0.2, 0.25) is 0 Å². The van der Waals surface area contributed by atoms with Gasteiger partial charge in [-0.3, -0.25) is 0 Å². The first kappa shape index (κ1) is 17.7. The predicted octanol–water partition coefficient (Wildman–Crippen LogP) is 6.47. The van der Waals surface area contributed by atoms with Gasteiger partial charge in [0.25, 0.3) is 0 Å². The first-order valence-corrected chi connectivity index (χ1v) is 7.25. The normalized spacial score (nSPS) is 16.7. The van der Waals surface area contributed by atoms with Crippen LogP contribution in [0.3, 0.4) is 0 Å². The summed E-state index contributed by atoms with van der Waals surface area (Å²) in [5, 5.41) is 0. The Bertz CT molecular complexity index is 290. The summed E-state index contributed by atoms with van der Waals surface area (Å²) in [6.07, 6.45) is 0. The highest BCUT2D eigenvalue weighted by Crippen LogP contribution is 2.51. The molecule has 0 amide bonds. The monoisotopic (exact) mass is 252 g/mol. The van der Waals surface area contributed by atoms with Gasteiger partial charge in [0, 0.05) is 0 Å². The van der Waals surface area contributed by atoms with Crippen LogP contribution in [0, 0.1) is 21.7 Å². The van der Waals surface area contributed by atoms with Crippen molar-refractivity contribution in [1.29, 1.82) is 0 Å². The summed E-state index contributed by atoms with van der Waals surface area (Å²) >= 11 is 0. The van der Waals surface area contributed by atoms with Crippen LogP contribution in [0.15, 0.2) is 11.1 Å². The van der Waals surface area contributed by atoms with Crippen molar-refractivity contribution in [3.05, 3.63) is 11.1 Å². The Morgan fingerprint density at radius 1 is 0.444 bits per heavy atom. The van der Waals surface area contributed by atoms with Crippen molar-refractivity contribution in [2.24, 2.45) is 21.7 Å². The largest absolute Gasteiger partial charge is 0.0677 e. The van der Waals surface area contributed by atoms with Gasteiger partial charge in [0.15, 0.2) is 0 Å². The molecule has 0 radical (unpaired) electrons. The van der Waals surface area contributed by atoms with Crippen molar-refractivity contribution in [3.8, 4) is 0 Å². The highest BCUT2D eigenvalue weighted by molar-refractivity contribution is 5.26. The van der Waals surface area contributed by atoms with E-state index in [2.05, 4.69) is 83.1 Å². The molecule has 0 aromatic rings. The zero-order valence-electron chi connectivity index (χ0n) is 15.0. The number of rotatable bonds is 2. The van der Waals surface area contributed by atoms with E-state index in [4.69, 9.17) is 0 Å². The smallest absolute Gasteiger partial charge is 0.00962 e. The second-order valence-electron chi connectivity index (χ2n) is 9.00. The van der Waals surface area contributed by atoms with Crippen LogP contribution in [0.4, 0.5) is 0 Å². The maximum Gasteiger partial charge on any atom is -0.00962 e. The Labute approximate surface area is 116 Å². The minimum atomic E-state index is 0.222. The molecule has 0 aromatic carbocycles. The van der Waals surface area contributed by atoms with Crippen LogP contribution in [0.2, 0.25) is 0 Å². The molecule has 0 nitrogen and oxygen atoms in total. The summed E-state index contributed by atoms with van der Waals surface area (Å²) in [7, 11) is 0. The van der Waals surface area contributed by atoms with Gasteiger partial charge < -0.3 is 0 Å². The van der Waals surface area contributed by atoms with E-state index >= 15 is 0 Å². The van der Waals surface area contributed by atoms with Gasteiger partial charge in [0.05, 0.1) is 0 Å². The van der Waals surface area contributed by atoms with Crippen LogP contribution in [0.1, 0.15) is 83.1 Å². The lowest BCUT2D eigenvalue weighted by molar-refractivity contribution is 0.149. The fourth-order valence-electron chi connectivity index (χ4n) is 2.06. The third-order valence-corrected chi connectivity index (χ3v) is 6.19. The molecule has 0 aliphatic carbocycles. The van der Waals surface area contributed by atoms with Crippen molar-refractivity contribution in [1.82, 2.24) is 0 Å². The van der Waals surface area contributed by atoms with Gasteiger partial charge in [-0.05, 0) is 35.5 Å². The van der Waals surface area contributed by atoms with E-state index in [-0.39, 0.29) is 21.7 Å². The van der Waals surface area contributed by atoms with Crippen molar-refractivity contribution in [2.75, 3.05) is 0 Å². The Balaban J connectivity index is 5.81. The molecular formula is C18H36. The van der Waals surface area contributed by atoms with E-state index < -0.39 is 0 Å². The lowest BCUT2D eigenvalue weighted by atomic mass is 9.59. The van der Waals surface area contributed by atoms with Gasteiger partial charge in [-0.15, -0.1) is 0 Å². The predicted molar refractivity (Wildman–Crippen MR) is 84.8 cm³/mol. The van der Waals surface area contributed by atoms with E-state index in [1.54, 1.807) is 11.1 Å². The Kier molecular flexibility index (Phi) is 4.62. The van der Waals surface area contributed by atoms with Crippen LogP contribution < -0.4 is 0 Å². The molecule has 0 unspecified atom stereocenters. The SMILES string of the molecule is CC(=C(C)C(C)(C)C(C)(C)C)C(C)(C)C(C)(C)C. The third kappa shape index (κ3) is 3.00. The lowest BCUT2D eigenvalue weighted by Crippen LogP contribution is -2.36. The van der Waals surface area contributed by atoms with Crippen LogP contribution >= 0.6 is 0 Å². The topological polar surface area (TPSA) is 0 Å². The second kappa shape index (κ2) is 4.69. The van der Waals surface area contributed by atoms with Gasteiger partial charge in [-0.1, -0.05) is 80.4 Å². The average molecular weight is 252 g/mol. The molecule has 0 rings (SSSR count). The highest BCUT2D eigenvalue weighted by atomic mass is 14.4. The molecule has 0 heteroatoms. The maximum atomic E-state index is 2.38. The van der Waals surface area contributed by atoms with Crippen LogP contribution in [0.25, 0.3) is 0 Å². The Hall–Kier alpha value is -0.260. The van der Waals surface area contributed by atoms with Crippen LogP contribution in [0.5, 0.6) is 0 Å². The minimum Gasteiger partial charge on any atom is -0.0677 e. The molecule has 0 saturated carbocycles. The standard InChI is InChI=1S/C18H36/c1-13(17(9,10)15(3,4)5)14(2)18(11,12)16(6,7)8/h1-12H3. The fraction of sp³-hybridized carbons (Fsp3) is 0.889. The molecule has 18 heavy (non-hydrogen) atoms. The Morgan fingerprint density at radius 2 is 0.611 bits per heavy atom. The fourth-order valence-corrected chi connectivity index (χ4v) is 2.06. The van der Waals surface area contributed by atoms with Crippen molar-refractivity contribution >= 4 is 0 Å². The Morgan fingerprint density at radius 3 is 0.722 bits per heavy atom. The molecule has 0 atom stereocenters. The van der Waals surface area contributed by atoms with Gasteiger partial charge >= 0.3 is 0 Å². The van der Waals surface area contributed by atoms with E-state index in [9.17, 15) is 0 Å². The molecule has 0 heterocycles. The van der Waals surface area contributed by atoms with Gasteiger partial charge in [-0.25, -0.2) is 0 Å². The molecule has 0 saturated heterocycles. The van der Waals surface area contributed by atoms with Crippen molar-refractivity contribution < 1.29 is 0 Å². The maximum absolute atomic E-state index is 2.38. The van der Waals surface area contributed by atoms with Gasteiger partial charge in [0.1, 0.15) is 0 Å².